The van der Waals surface area contributed by atoms with E-state index < -0.39 is 41.8 Å². The fourth-order valence-electron chi connectivity index (χ4n) is 3.87. The Morgan fingerprint density at radius 1 is 1.03 bits per heavy atom. The van der Waals surface area contributed by atoms with Crippen molar-refractivity contribution < 1.29 is 34.6 Å². The number of carbonyl (C=O) groups is 2. The molecule has 14 heteroatoms. The minimum Gasteiger partial charge on any atom is -0.394 e. The van der Waals surface area contributed by atoms with Crippen LogP contribution in [0.15, 0.2) is 41.3 Å². The molecule has 2 heterocycles. The topological polar surface area (TPSA) is 206 Å². The number of nitrogens with one attached hydrogen (secondary N) is 2. The lowest BCUT2D eigenvalue weighted by Crippen LogP contribution is -2.36. The molecule has 1 aromatic heterocycles. The molecule has 1 aliphatic rings. The second-order valence-corrected chi connectivity index (χ2v) is 8.52. The molecule has 1 aromatic carbocycles. The van der Waals surface area contributed by atoms with Crippen molar-refractivity contribution in [3.05, 3.63) is 57.1 Å². The van der Waals surface area contributed by atoms with Crippen molar-refractivity contribution in [3.8, 4) is 0 Å². The average molecular weight is 520 g/mol. The molecule has 0 aliphatic carbocycles. The maximum atomic E-state index is 12.3. The fourth-order valence-corrected chi connectivity index (χ4v) is 3.87. The zero-order valence-corrected chi connectivity index (χ0v) is 19.9. The lowest BCUT2D eigenvalue weighted by Gasteiger charge is -2.17. The number of para-hydroxylation sites is 2. The Hall–Kier alpha value is -3.72. The van der Waals surface area contributed by atoms with Crippen LogP contribution in [0.25, 0.3) is 0 Å². The third-order valence-corrected chi connectivity index (χ3v) is 5.82. The summed E-state index contributed by atoms with van der Waals surface area (Å²) in [4.78, 5) is 50.7. The molecule has 0 saturated carbocycles. The molecule has 14 nitrogen and oxygen atoms in total. The first-order chi connectivity index (χ1) is 17.7. The van der Waals surface area contributed by atoms with Gasteiger partial charge in [-0.3, -0.25) is 24.3 Å². The Morgan fingerprint density at radius 3 is 2.27 bits per heavy atom. The summed E-state index contributed by atoms with van der Waals surface area (Å²) < 4.78 is 6.26. The Bertz CT molecular complexity index is 1170. The van der Waals surface area contributed by atoms with Crippen molar-refractivity contribution in [1.82, 2.24) is 9.55 Å². The molecular formula is C23H29N5O9. The van der Waals surface area contributed by atoms with Crippen molar-refractivity contribution in [2.75, 3.05) is 17.2 Å². The summed E-state index contributed by atoms with van der Waals surface area (Å²) in [6, 6.07) is 7.25. The zero-order valence-electron chi connectivity index (χ0n) is 19.9. The number of rotatable bonds is 12. The lowest BCUT2D eigenvalue weighted by molar-refractivity contribution is -0.383. The van der Waals surface area contributed by atoms with E-state index in [1.807, 2.05) is 0 Å². The van der Waals surface area contributed by atoms with E-state index in [1.54, 1.807) is 6.07 Å². The number of amides is 2. The summed E-state index contributed by atoms with van der Waals surface area (Å²) in [6.45, 7) is -0.531. The summed E-state index contributed by atoms with van der Waals surface area (Å²) in [5.74, 6) is -0.666. The van der Waals surface area contributed by atoms with Gasteiger partial charge in [-0.25, -0.2) is 4.79 Å². The third-order valence-electron chi connectivity index (χ3n) is 5.82. The Kier molecular flexibility index (Phi) is 9.79. The highest BCUT2D eigenvalue weighted by Crippen LogP contribution is 2.28. The number of hydrogen-bond acceptors (Lipinski definition) is 10. The fraction of sp³-hybridized carbons (Fsp3) is 0.478. The second-order valence-electron chi connectivity index (χ2n) is 8.52. The van der Waals surface area contributed by atoms with E-state index in [4.69, 9.17) is 9.84 Å². The summed E-state index contributed by atoms with van der Waals surface area (Å²) in [6.07, 6.45) is -0.987. The summed E-state index contributed by atoms with van der Waals surface area (Å²) in [5, 5.41) is 45.1. The van der Waals surface area contributed by atoms with Gasteiger partial charge in [0, 0.05) is 25.1 Å². The minimum absolute atomic E-state index is 0.0182. The number of nitrogens with zero attached hydrogens (tertiary/aromatic N) is 3. The zero-order chi connectivity index (χ0) is 26.9. The van der Waals surface area contributed by atoms with E-state index in [9.17, 15) is 34.7 Å². The molecule has 0 unspecified atom stereocenters. The van der Waals surface area contributed by atoms with E-state index in [1.165, 1.54) is 30.5 Å². The van der Waals surface area contributed by atoms with Gasteiger partial charge in [-0.1, -0.05) is 25.0 Å². The van der Waals surface area contributed by atoms with Crippen LogP contribution in [0.1, 0.15) is 44.8 Å². The molecule has 5 N–H and O–H groups in total. The van der Waals surface area contributed by atoms with Crippen LogP contribution >= 0.6 is 0 Å². The highest BCUT2D eigenvalue weighted by Gasteiger charge is 2.43. The van der Waals surface area contributed by atoms with Crippen LogP contribution in [0.5, 0.6) is 0 Å². The van der Waals surface area contributed by atoms with Crippen LogP contribution in [-0.4, -0.2) is 66.5 Å². The van der Waals surface area contributed by atoms with Gasteiger partial charge in [0.1, 0.15) is 29.8 Å². The summed E-state index contributed by atoms with van der Waals surface area (Å²) in [7, 11) is 0. The first kappa shape index (κ1) is 27.9. The van der Waals surface area contributed by atoms with Gasteiger partial charge in [-0.2, -0.15) is 4.98 Å². The number of anilines is 2. The standard InChI is InChI=1S/C23H29N5O9/c29-13-16-20(32)21(33)22(37-16)27-12-11-17(26-23(27)34)25-19(31)10-4-2-1-3-9-18(30)24-14-7-5-6-8-15(14)28(35)36/h5-8,11-12,16,20-22,29,32-33H,1-4,9-10,13H2,(H,24,30)(H,25,26,31,34)/t16-,20-,21+,22-/m1/s1. The van der Waals surface area contributed by atoms with Crippen molar-refractivity contribution >= 4 is 29.0 Å². The van der Waals surface area contributed by atoms with E-state index in [2.05, 4.69) is 15.6 Å². The normalized spacial score (nSPS) is 20.9. The van der Waals surface area contributed by atoms with Crippen LogP contribution in [-0.2, 0) is 14.3 Å². The van der Waals surface area contributed by atoms with Crippen LogP contribution in [0, 0.1) is 10.1 Å². The van der Waals surface area contributed by atoms with Gasteiger partial charge in [-0.15, -0.1) is 0 Å². The van der Waals surface area contributed by atoms with Gasteiger partial charge in [0.15, 0.2) is 6.23 Å². The van der Waals surface area contributed by atoms with Crippen LogP contribution in [0.4, 0.5) is 17.2 Å². The molecule has 0 bridgehead atoms. The maximum absolute atomic E-state index is 12.3. The first-order valence-corrected chi connectivity index (χ1v) is 11.8. The van der Waals surface area contributed by atoms with E-state index >= 15 is 0 Å². The van der Waals surface area contributed by atoms with Gasteiger partial charge in [0.2, 0.25) is 11.8 Å². The molecule has 2 aromatic rings. The van der Waals surface area contributed by atoms with E-state index in [0.717, 1.165) is 4.57 Å². The first-order valence-electron chi connectivity index (χ1n) is 11.8. The number of carbonyl (C=O) groups excluding carboxylic acids is 2. The number of aliphatic hydroxyl groups is 3. The number of benzene rings is 1. The molecule has 2 amide bonds. The molecule has 0 spiro atoms. The summed E-state index contributed by atoms with van der Waals surface area (Å²) >= 11 is 0. The number of unbranched alkanes of at least 4 members (excludes halogenated alkanes) is 3. The largest absolute Gasteiger partial charge is 0.394 e. The number of nitro benzene ring substituents is 1. The molecule has 1 fully saturated rings. The Morgan fingerprint density at radius 2 is 1.68 bits per heavy atom. The molecule has 200 valence electrons. The van der Waals surface area contributed by atoms with Crippen molar-refractivity contribution in [2.45, 2.75) is 63.1 Å². The molecule has 3 rings (SSSR count). The number of hydrogen-bond donors (Lipinski definition) is 5. The van der Waals surface area contributed by atoms with Gasteiger partial charge in [-0.05, 0) is 25.0 Å². The Labute approximate surface area is 211 Å². The molecule has 37 heavy (non-hydrogen) atoms. The SMILES string of the molecule is O=C(CCCCCCC(=O)Nc1ccccc1[N+](=O)[O-])Nc1ccn([C@@H]2O[C@H](CO)[C@@H](O)[C@@H]2O)c(=O)n1. The predicted molar refractivity (Wildman–Crippen MR) is 130 cm³/mol. The second kappa shape index (κ2) is 13.0. The highest BCUT2D eigenvalue weighted by molar-refractivity contribution is 5.93. The lowest BCUT2D eigenvalue weighted by atomic mass is 10.1. The number of nitro groups is 1. The monoisotopic (exact) mass is 519 g/mol. The maximum Gasteiger partial charge on any atom is 0.351 e. The van der Waals surface area contributed by atoms with Crippen molar-refractivity contribution in [1.29, 1.82) is 0 Å². The smallest absolute Gasteiger partial charge is 0.351 e. The molecule has 0 radical (unpaired) electrons. The van der Waals surface area contributed by atoms with Crippen molar-refractivity contribution in [3.63, 3.8) is 0 Å². The van der Waals surface area contributed by atoms with Crippen LogP contribution < -0.4 is 16.3 Å². The van der Waals surface area contributed by atoms with Crippen LogP contribution in [0.2, 0.25) is 0 Å². The number of aliphatic hydroxyl groups excluding tert-OH is 3. The number of aromatic nitrogens is 2. The van der Waals surface area contributed by atoms with Gasteiger partial charge in [0.05, 0.1) is 11.5 Å². The Balaban J connectivity index is 1.36. The quantitative estimate of drug-likeness (QED) is 0.150. The van der Waals surface area contributed by atoms with Gasteiger partial charge >= 0.3 is 5.69 Å². The average Bonchev–Trinajstić information content (AvgIpc) is 3.15. The van der Waals surface area contributed by atoms with E-state index in [0.29, 0.717) is 25.7 Å². The van der Waals surface area contributed by atoms with Gasteiger partial charge in [0.25, 0.3) is 5.69 Å². The minimum atomic E-state index is -1.43. The predicted octanol–water partition coefficient (Wildman–Crippen LogP) is 0.681. The number of ether oxygens (including phenoxy) is 1. The molecule has 4 atom stereocenters. The highest BCUT2D eigenvalue weighted by atomic mass is 16.6. The molecule has 1 saturated heterocycles. The third kappa shape index (κ3) is 7.39. The summed E-state index contributed by atoms with van der Waals surface area (Å²) in [5.41, 5.74) is -0.839. The van der Waals surface area contributed by atoms with Crippen molar-refractivity contribution in [2.24, 2.45) is 0 Å². The molecule has 1 aliphatic heterocycles. The van der Waals surface area contributed by atoms with Crippen LogP contribution in [0.3, 0.4) is 0 Å². The van der Waals surface area contributed by atoms with E-state index in [-0.39, 0.29) is 41.8 Å². The molecular weight excluding hydrogens is 490 g/mol. The van der Waals surface area contributed by atoms with Gasteiger partial charge < -0.3 is 30.7 Å².